The van der Waals surface area contributed by atoms with Gasteiger partial charge in [-0.2, -0.15) is 0 Å². The quantitative estimate of drug-likeness (QED) is 0.823. The van der Waals surface area contributed by atoms with Crippen LogP contribution in [-0.2, 0) is 12.8 Å². The van der Waals surface area contributed by atoms with Crippen molar-refractivity contribution in [1.29, 1.82) is 0 Å². The summed E-state index contributed by atoms with van der Waals surface area (Å²) in [4.78, 5) is 14.7. The molecular formula is C17H21NO2. The second kappa shape index (κ2) is 4.37. The minimum absolute atomic E-state index is 0.297. The maximum absolute atomic E-state index is 11.3. The smallest absolute Gasteiger partial charge is 0.337 e. The summed E-state index contributed by atoms with van der Waals surface area (Å²) >= 11 is 0. The molecule has 20 heavy (non-hydrogen) atoms. The number of fused-ring (bicyclic) bond motifs is 3. The van der Waals surface area contributed by atoms with Crippen molar-refractivity contribution in [1.82, 2.24) is 4.98 Å². The zero-order valence-electron chi connectivity index (χ0n) is 12.3. The number of aromatic carboxylic acids is 1. The molecule has 3 rings (SSSR count). The van der Waals surface area contributed by atoms with Gasteiger partial charge >= 0.3 is 5.97 Å². The summed E-state index contributed by atoms with van der Waals surface area (Å²) in [5.74, 6) is -0.205. The predicted molar refractivity (Wildman–Crippen MR) is 80.2 cm³/mol. The normalized spacial score (nSPS) is 19.1. The van der Waals surface area contributed by atoms with Gasteiger partial charge in [-0.3, -0.25) is 0 Å². The van der Waals surface area contributed by atoms with Gasteiger partial charge in [0.05, 0.1) is 11.1 Å². The molecule has 0 fully saturated rings. The molecule has 2 N–H and O–H groups in total. The number of hydrogen-bond donors (Lipinski definition) is 2. The maximum atomic E-state index is 11.3. The van der Waals surface area contributed by atoms with Gasteiger partial charge in [-0.15, -0.1) is 0 Å². The van der Waals surface area contributed by atoms with Crippen molar-refractivity contribution in [2.24, 2.45) is 11.3 Å². The lowest BCUT2D eigenvalue weighted by Gasteiger charge is -2.34. The number of carboxylic acid groups (broad SMARTS) is 1. The average molecular weight is 271 g/mol. The summed E-state index contributed by atoms with van der Waals surface area (Å²) in [5, 5.41) is 10.4. The van der Waals surface area contributed by atoms with E-state index in [0.29, 0.717) is 16.9 Å². The molecule has 1 aromatic heterocycles. The molecular weight excluding hydrogens is 250 g/mol. The molecule has 1 aliphatic carbocycles. The number of carbonyl (C=O) groups is 1. The average Bonchev–Trinajstić information content (AvgIpc) is 2.74. The van der Waals surface area contributed by atoms with Crippen molar-refractivity contribution < 1.29 is 9.90 Å². The summed E-state index contributed by atoms with van der Waals surface area (Å²) < 4.78 is 0. The third kappa shape index (κ3) is 2.01. The van der Waals surface area contributed by atoms with E-state index in [2.05, 4.69) is 25.8 Å². The standard InChI is InChI=1S/C17H21NO2/c1-17(2,3)10-7-8-14-13(9-10)11-5-4-6-12(16(19)20)15(11)18-14/h4-6,10,18H,7-9H2,1-3H3,(H,19,20). The van der Waals surface area contributed by atoms with Gasteiger partial charge in [-0.05, 0) is 42.2 Å². The third-order valence-corrected chi connectivity index (χ3v) is 4.68. The van der Waals surface area contributed by atoms with Crippen LogP contribution in [0.1, 0.15) is 48.8 Å². The minimum atomic E-state index is -0.860. The first-order valence-electron chi connectivity index (χ1n) is 7.23. The Kier molecular flexibility index (Phi) is 2.89. The zero-order chi connectivity index (χ0) is 14.5. The van der Waals surface area contributed by atoms with Crippen LogP contribution in [0.25, 0.3) is 10.9 Å². The molecule has 1 atom stereocenters. The van der Waals surface area contributed by atoms with E-state index in [0.717, 1.165) is 23.7 Å². The largest absolute Gasteiger partial charge is 0.478 e. The second-order valence-electron chi connectivity index (χ2n) is 6.92. The summed E-state index contributed by atoms with van der Waals surface area (Å²) in [5.41, 5.74) is 4.03. The van der Waals surface area contributed by atoms with Crippen molar-refractivity contribution in [2.75, 3.05) is 0 Å². The maximum Gasteiger partial charge on any atom is 0.337 e. The summed E-state index contributed by atoms with van der Waals surface area (Å²) in [7, 11) is 0. The fourth-order valence-corrected chi connectivity index (χ4v) is 3.36. The van der Waals surface area contributed by atoms with E-state index in [1.807, 2.05) is 12.1 Å². The Labute approximate surface area is 119 Å². The van der Waals surface area contributed by atoms with Crippen LogP contribution < -0.4 is 0 Å². The molecule has 1 aliphatic rings. The van der Waals surface area contributed by atoms with Gasteiger partial charge in [0, 0.05) is 11.1 Å². The Morgan fingerprint density at radius 2 is 2.10 bits per heavy atom. The Balaban J connectivity index is 2.13. The lowest BCUT2D eigenvalue weighted by molar-refractivity contribution is 0.0699. The number of H-pyrrole nitrogens is 1. The number of aromatic amines is 1. The molecule has 1 unspecified atom stereocenters. The highest BCUT2D eigenvalue weighted by Gasteiger charge is 2.31. The second-order valence-corrected chi connectivity index (χ2v) is 6.92. The van der Waals surface area contributed by atoms with Gasteiger partial charge in [0.15, 0.2) is 0 Å². The molecule has 1 heterocycles. The lowest BCUT2D eigenvalue weighted by atomic mass is 9.71. The van der Waals surface area contributed by atoms with E-state index in [1.54, 1.807) is 6.07 Å². The Morgan fingerprint density at radius 1 is 1.35 bits per heavy atom. The van der Waals surface area contributed by atoms with Gasteiger partial charge in [0.1, 0.15) is 0 Å². The zero-order valence-corrected chi connectivity index (χ0v) is 12.3. The summed E-state index contributed by atoms with van der Waals surface area (Å²) in [6.07, 6.45) is 3.23. The van der Waals surface area contributed by atoms with Gasteiger partial charge < -0.3 is 10.1 Å². The van der Waals surface area contributed by atoms with Crippen molar-refractivity contribution >= 4 is 16.9 Å². The molecule has 0 aliphatic heterocycles. The van der Waals surface area contributed by atoms with Crippen LogP contribution in [0.4, 0.5) is 0 Å². The van der Waals surface area contributed by atoms with E-state index < -0.39 is 5.97 Å². The molecule has 1 aromatic carbocycles. The predicted octanol–water partition coefficient (Wildman–Crippen LogP) is 4.02. The number of rotatable bonds is 1. The SMILES string of the molecule is CC(C)(C)C1CCc2[nH]c3c(C(=O)O)cccc3c2C1. The molecule has 0 spiro atoms. The van der Waals surface area contributed by atoms with Crippen molar-refractivity contribution in [2.45, 2.75) is 40.0 Å². The first-order valence-corrected chi connectivity index (χ1v) is 7.23. The van der Waals surface area contributed by atoms with Crippen LogP contribution >= 0.6 is 0 Å². The minimum Gasteiger partial charge on any atom is -0.478 e. The fraction of sp³-hybridized carbons (Fsp3) is 0.471. The molecule has 3 nitrogen and oxygen atoms in total. The molecule has 0 saturated heterocycles. The molecule has 3 heteroatoms. The molecule has 106 valence electrons. The highest BCUT2D eigenvalue weighted by molar-refractivity contribution is 6.03. The lowest BCUT2D eigenvalue weighted by Crippen LogP contribution is -2.26. The first-order chi connectivity index (χ1) is 9.38. The van der Waals surface area contributed by atoms with E-state index in [4.69, 9.17) is 0 Å². The van der Waals surface area contributed by atoms with Crippen molar-refractivity contribution in [3.05, 3.63) is 35.0 Å². The number of carboxylic acids is 1. The van der Waals surface area contributed by atoms with Crippen LogP contribution in [-0.4, -0.2) is 16.1 Å². The number of aryl methyl sites for hydroxylation is 1. The number of hydrogen-bond acceptors (Lipinski definition) is 1. The van der Waals surface area contributed by atoms with Crippen LogP contribution in [0.3, 0.4) is 0 Å². The van der Waals surface area contributed by atoms with Crippen LogP contribution in [0, 0.1) is 11.3 Å². The summed E-state index contributed by atoms with van der Waals surface area (Å²) in [6, 6.07) is 5.57. The number of para-hydroxylation sites is 1. The van der Waals surface area contributed by atoms with Crippen molar-refractivity contribution in [3.8, 4) is 0 Å². The van der Waals surface area contributed by atoms with Gasteiger partial charge in [0.2, 0.25) is 0 Å². The Morgan fingerprint density at radius 3 is 2.75 bits per heavy atom. The Hall–Kier alpha value is -1.77. The molecule has 0 radical (unpaired) electrons. The number of aromatic nitrogens is 1. The van der Waals surface area contributed by atoms with Crippen LogP contribution in [0.5, 0.6) is 0 Å². The highest BCUT2D eigenvalue weighted by atomic mass is 16.4. The highest BCUT2D eigenvalue weighted by Crippen LogP contribution is 2.40. The van der Waals surface area contributed by atoms with E-state index >= 15 is 0 Å². The first kappa shape index (κ1) is 13.2. The van der Waals surface area contributed by atoms with Crippen LogP contribution in [0.2, 0.25) is 0 Å². The molecule has 2 aromatic rings. The molecule has 0 bridgehead atoms. The van der Waals surface area contributed by atoms with Gasteiger partial charge in [-0.1, -0.05) is 32.9 Å². The van der Waals surface area contributed by atoms with Gasteiger partial charge in [-0.25, -0.2) is 4.79 Å². The summed E-state index contributed by atoms with van der Waals surface area (Å²) in [6.45, 7) is 6.88. The van der Waals surface area contributed by atoms with E-state index in [-0.39, 0.29) is 0 Å². The molecule has 0 amide bonds. The fourth-order valence-electron chi connectivity index (χ4n) is 3.36. The van der Waals surface area contributed by atoms with Gasteiger partial charge in [0.25, 0.3) is 0 Å². The Bertz CT molecular complexity index is 676. The van der Waals surface area contributed by atoms with Crippen molar-refractivity contribution in [3.63, 3.8) is 0 Å². The van der Waals surface area contributed by atoms with E-state index in [1.165, 1.54) is 17.7 Å². The third-order valence-electron chi connectivity index (χ3n) is 4.68. The molecule has 0 saturated carbocycles. The topological polar surface area (TPSA) is 53.1 Å². The number of nitrogens with one attached hydrogen (secondary N) is 1. The van der Waals surface area contributed by atoms with E-state index in [9.17, 15) is 9.90 Å². The monoisotopic (exact) mass is 271 g/mol. The van der Waals surface area contributed by atoms with Crippen LogP contribution in [0.15, 0.2) is 18.2 Å². The number of benzene rings is 1.